The Kier molecular flexibility index (Phi) is 3.06. The van der Waals surface area contributed by atoms with E-state index in [2.05, 4.69) is 35.3 Å². The van der Waals surface area contributed by atoms with Crippen LogP contribution in [0.25, 0.3) is 0 Å². The predicted octanol–water partition coefficient (Wildman–Crippen LogP) is 2.57. The van der Waals surface area contributed by atoms with Gasteiger partial charge in [0, 0.05) is 25.3 Å². The minimum atomic E-state index is 0.848. The van der Waals surface area contributed by atoms with Crippen molar-refractivity contribution in [2.75, 3.05) is 24.5 Å². The number of hydrogen-bond donors (Lipinski definition) is 1. The maximum atomic E-state index is 3.46. The first-order valence-electron chi connectivity index (χ1n) is 6.91. The van der Waals surface area contributed by atoms with Gasteiger partial charge in [0.2, 0.25) is 0 Å². The molecule has 0 saturated carbocycles. The Morgan fingerprint density at radius 1 is 1.35 bits per heavy atom. The monoisotopic (exact) mass is 230 g/mol. The summed E-state index contributed by atoms with van der Waals surface area (Å²) in [5.74, 6) is 0.848. The zero-order valence-electron chi connectivity index (χ0n) is 10.7. The Labute approximate surface area is 104 Å². The molecule has 0 aromatic heterocycles. The van der Waals surface area contributed by atoms with Gasteiger partial charge < -0.3 is 10.2 Å². The van der Waals surface area contributed by atoms with Crippen molar-refractivity contribution in [2.24, 2.45) is 5.92 Å². The molecular formula is C15H22N2. The molecule has 2 heterocycles. The number of piperidine rings is 1. The van der Waals surface area contributed by atoms with Gasteiger partial charge in [-0.2, -0.15) is 0 Å². The average molecular weight is 230 g/mol. The third-order valence-corrected chi connectivity index (χ3v) is 4.11. The molecule has 0 bridgehead atoms. The third-order valence-electron chi connectivity index (χ3n) is 4.11. The lowest BCUT2D eigenvalue weighted by atomic mass is 9.95. The summed E-state index contributed by atoms with van der Waals surface area (Å²) in [5.41, 5.74) is 4.61. The van der Waals surface area contributed by atoms with Gasteiger partial charge in [0.1, 0.15) is 0 Å². The average Bonchev–Trinajstić information content (AvgIpc) is 2.38. The van der Waals surface area contributed by atoms with E-state index >= 15 is 0 Å². The Morgan fingerprint density at radius 2 is 2.29 bits per heavy atom. The summed E-state index contributed by atoms with van der Waals surface area (Å²) in [4.78, 5) is 2.61. The predicted molar refractivity (Wildman–Crippen MR) is 72.5 cm³/mol. The van der Waals surface area contributed by atoms with Crippen molar-refractivity contribution in [1.82, 2.24) is 5.32 Å². The van der Waals surface area contributed by atoms with E-state index in [1.807, 2.05) is 0 Å². The number of nitrogens with zero attached hydrogens (tertiary/aromatic N) is 1. The van der Waals surface area contributed by atoms with Gasteiger partial charge in [0.25, 0.3) is 0 Å². The Bertz CT molecular complexity index is 400. The second-order valence-electron chi connectivity index (χ2n) is 5.54. The van der Waals surface area contributed by atoms with Crippen molar-refractivity contribution < 1.29 is 0 Å². The van der Waals surface area contributed by atoms with E-state index < -0.39 is 0 Å². The first-order chi connectivity index (χ1) is 8.34. The van der Waals surface area contributed by atoms with Crippen LogP contribution in [0.15, 0.2) is 18.2 Å². The smallest absolute Gasteiger partial charge is 0.0402 e. The molecule has 2 aliphatic heterocycles. The van der Waals surface area contributed by atoms with E-state index in [0.717, 1.165) is 19.0 Å². The number of anilines is 1. The SMILES string of the molecule is CC1CCCN(c2cccc3c2CCNC3)C1. The van der Waals surface area contributed by atoms with Crippen molar-refractivity contribution in [3.63, 3.8) is 0 Å². The lowest BCUT2D eigenvalue weighted by Gasteiger charge is -2.35. The molecule has 2 aliphatic rings. The first kappa shape index (κ1) is 11.1. The second-order valence-corrected chi connectivity index (χ2v) is 5.54. The molecule has 1 unspecified atom stereocenters. The molecule has 1 aromatic rings. The normalized spacial score (nSPS) is 24.5. The van der Waals surface area contributed by atoms with Crippen LogP contribution in [0.4, 0.5) is 5.69 Å². The van der Waals surface area contributed by atoms with E-state index in [4.69, 9.17) is 0 Å². The summed E-state index contributed by atoms with van der Waals surface area (Å²) < 4.78 is 0. The highest BCUT2D eigenvalue weighted by atomic mass is 15.1. The number of nitrogens with one attached hydrogen (secondary N) is 1. The molecule has 3 rings (SSSR count). The van der Waals surface area contributed by atoms with Crippen molar-refractivity contribution in [2.45, 2.75) is 32.7 Å². The van der Waals surface area contributed by atoms with Gasteiger partial charge in [0.05, 0.1) is 0 Å². The number of benzene rings is 1. The molecule has 0 aliphatic carbocycles. The first-order valence-corrected chi connectivity index (χ1v) is 6.91. The summed E-state index contributed by atoms with van der Waals surface area (Å²) in [6.45, 7) is 7.04. The highest BCUT2D eigenvalue weighted by molar-refractivity contribution is 5.58. The van der Waals surface area contributed by atoms with Crippen LogP contribution in [-0.4, -0.2) is 19.6 Å². The molecule has 1 N–H and O–H groups in total. The standard InChI is InChI=1S/C15H22N2/c1-12-4-3-9-17(11-12)15-6-2-5-13-10-16-8-7-14(13)15/h2,5-6,12,16H,3-4,7-11H2,1H3. The Balaban J connectivity index is 1.91. The Morgan fingerprint density at radius 3 is 3.18 bits per heavy atom. The minimum Gasteiger partial charge on any atom is -0.371 e. The fourth-order valence-electron chi connectivity index (χ4n) is 3.22. The molecule has 1 aromatic carbocycles. The number of fused-ring (bicyclic) bond motifs is 1. The van der Waals surface area contributed by atoms with E-state index in [-0.39, 0.29) is 0 Å². The van der Waals surface area contributed by atoms with E-state index in [1.54, 1.807) is 5.56 Å². The van der Waals surface area contributed by atoms with Gasteiger partial charge in [-0.05, 0) is 48.9 Å². The fraction of sp³-hybridized carbons (Fsp3) is 0.600. The molecule has 0 amide bonds. The van der Waals surface area contributed by atoms with E-state index in [1.165, 1.54) is 43.6 Å². The van der Waals surface area contributed by atoms with Gasteiger partial charge in [-0.1, -0.05) is 19.1 Å². The summed E-state index contributed by atoms with van der Waals surface area (Å²) in [6, 6.07) is 6.82. The largest absolute Gasteiger partial charge is 0.371 e. The third kappa shape index (κ3) is 2.19. The molecular weight excluding hydrogens is 208 g/mol. The number of rotatable bonds is 1. The van der Waals surface area contributed by atoms with Crippen molar-refractivity contribution in [1.29, 1.82) is 0 Å². The Hall–Kier alpha value is -1.02. The summed E-state index contributed by atoms with van der Waals surface area (Å²) in [7, 11) is 0. The van der Waals surface area contributed by atoms with Gasteiger partial charge in [-0.15, -0.1) is 0 Å². The van der Waals surface area contributed by atoms with Gasteiger partial charge in [-0.25, -0.2) is 0 Å². The molecule has 1 saturated heterocycles. The van der Waals surface area contributed by atoms with Gasteiger partial charge in [-0.3, -0.25) is 0 Å². The highest BCUT2D eigenvalue weighted by Crippen LogP contribution is 2.29. The number of hydrogen-bond acceptors (Lipinski definition) is 2. The van der Waals surface area contributed by atoms with Crippen LogP contribution in [0.3, 0.4) is 0 Å². The van der Waals surface area contributed by atoms with E-state index in [9.17, 15) is 0 Å². The molecule has 17 heavy (non-hydrogen) atoms. The van der Waals surface area contributed by atoms with Crippen LogP contribution in [0, 0.1) is 5.92 Å². The van der Waals surface area contributed by atoms with Crippen molar-refractivity contribution in [3.8, 4) is 0 Å². The van der Waals surface area contributed by atoms with Crippen LogP contribution in [0.5, 0.6) is 0 Å². The van der Waals surface area contributed by atoms with Crippen LogP contribution in [-0.2, 0) is 13.0 Å². The highest BCUT2D eigenvalue weighted by Gasteiger charge is 2.21. The van der Waals surface area contributed by atoms with Crippen LogP contribution >= 0.6 is 0 Å². The molecule has 1 atom stereocenters. The van der Waals surface area contributed by atoms with Crippen molar-refractivity contribution in [3.05, 3.63) is 29.3 Å². The minimum absolute atomic E-state index is 0.848. The zero-order valence-corrected chi connectivity index (χ0v) is 10.7. The zero-order chi connectivity index (χ0) is 11.7. The molecule has 2 heteroatoms. The quantitative estimate of drug-likeness (QED) is 0.797. The summed E-state index contributed by atoms with van der Waals surface area (Å²) in [6.07, 6.45) is 3.94. The second kappa shape index (κ2) is 4.69. The van der Waals surface area contributed by atoms with Gasteiger partial charge in [0.15, 0.2) is 0 Å². The van der Waals surface area contributed by atoms with E-state index in [0.29, 0.717) is 0 Å². The van der Waals surface area contributed by atoms with Crippen LogP contribution in [0.2, 0.25) is 0 Å². The fourth-order valence-corrected chi connectivity index (χ4v) is 3.22. The van der Waals surface area contributed by atoms with Crippen molar-refractivity contribution >= 4 is 5.69 Å². The molecule has 2 nitrogen and oxygen atoms in total. The molecule has 0 radical (unpaired) electrons. The molecule has 0 spiro atoms. The summed E-state index contributed by atoms with van der Waals surface area (Å²) >= 11 is 0. The maximum Gasteiger partial charge on any atom is 0.0402 e. The van der Waals surface area contributed by atoms with Crippen LogP contribution in [0.1, 0.15) is 30.9 Å². The molecule has 1 fully saturated rings. The maximum absolute atomic E-state index is 3.46. The lowest BCUT2D eigenvalue weighted by Crippen LogP contribution is -2.36. The topological polar surface area (TPSA) is 15.3 Å². The van der Waals surface area contributed by atoms with Crippen LogP contribution < -0.4 is 10.2 Å². The lowest BCUT2D eigenvalue weighted by molar-refractivity contribution is 0.445. The molecule has 92 valence electrons. The van der Waals surface area contributed by atoms with Gasteiger partial charge >= 0.3 is 0 Å². The summed E-state index contributed by atoms with van der Waals surface area (Å²) in [5, 5.41) is 3.46.